The molecule has 4 aromatic rings. The minimum Gasteiger partial charge on any atom is -0.497 e. The maximum absolute atomic E-state index is 12.6. The molecule has 3 aromatic carbocycles. The van der Waals surface area contributed by atoms with E-state index in [4.69, 9.17) is 14.5 Å². The van der Waals surface area contributed by atoms with Gasteiger partial charge < -0.3 is 19.4 Å². The molecular formula is C28H31N3O3. The molecule has 0 aliphatic rings. The summed E-state index contributed by atoms with van der Waals surface area (Å²) in [5.41, 5.74) is 4.95. The van der Waals surface area contributed by atoms with E-state index >= 15 is 0 Å². The van der Waals surface area contributed by atoms with Gasteiger partial charge in [0.2, 0.25) is 0 Å². The van der Waals surface area contributed by atoms with Crippen LogP contribution in [0.1, 0.15) is 33.7 Å². The first-order chi connectivity index (χ1) is 16.5. The van der Waals surface area contributed by atoms with Gasteiger partial charge in [-0.25, -0.2) is 4.98 Å². The number of aromatic nitrogens is 2. The van der Waals surface area contributed by atoms with Gasteiger partial charge in [0.15, 0.2) is 0 Å². The number of carbonyl (C=O) groups excluding carboxylic acids is 1. The van der Waals surface area contributed by atoms with Crippen LogP contribution in [0.25, 0.3) is 11.0 Å². The van der Waals surface area contributed by atoms with Gasteiger partial charge in [0, 0.05) is 18.5 Å². The van der Waals surface area contributed by atoms with Crippen molar-refractivity contribution in [2.75, 3.05) is 20.3 Å². The highest BCUT2D eigenvalue weighted by atomic mass is 16.5. The van der Waals surface area contributed by atoms with Crippen molar-refractivity contribution in [1.82, 2.24) is 14.9 Å². The number of imidazole rings is 1. The number of aryl methyl sites for hydroxylation is 3. The molecule has 0 unspecified atom stereocenters. The fourth-order valence-corrected chi connectivity index (χ4v) is 4.10. The van der Waals surface area contributed by atoms with Crippen molar-refractivity contribution >= 4 is 16.9 Å². The SMILES string of the molecule is COc1ccc(OCCn2c(CCCNC(=O)c3ccc(C)cc3C)nc3ccccc32)cc1. The molecule has 1 heterocycles. The monoisotopic (exact) mass is 457 g/mol. The first kappa shape index (κ1) is 23.4. The highest BCUT2D eigenvalue weighted by Crippen LogP contribution is 2.19. The van der Waals surface area contributed by atoms with Gasteiger partial charge >= 0.3 is 0 Å². The lowest BCUT2D eigenvalue weighted by Gasteiger charge is -2.12. The average Bonchev–Trinajstić information content (AvgIpc) is 3.19. The molecule has 1 amide bonds. The predicted octanol–water partition coefficient (Wildman–Crippen LogP) is 5.10. The van der Waals surface area contributed by atoms with Gasteiger partial charge in [-0.3, -0.25) is 4.79 Å². The van der Waals surface area contributed by atoms with Crippen molar-refractivity contribution in [1.29, 1.82) is 0 Å². The zero-order valence-corrected chi connectivity index (χ0v) is 20.0. The van der Waals surface area contributed by atoms with E-state index in [0.717, 1.165) is 57.9 Å². The topological polar surface area (TPSA) is 65.4 Å². The van der Waals surface area contributed by atoms with Gasteiger partial charge in [-0.05, 0) is 68.3 Å². The van der Waals surface area contributed by atoms with E-state index in [2.05, 4.69) is 16.0 Å². The number of hydrogen-bond donors (Lipinski definition) is 1. The second-order valence-electron chi connectivity index (χ2n) is 8.37. The Balaban J connectivity index is 1.36. The van der Waals surface area contributed by atoms with Crippen LogP contribution in [-0.4, -0.2) is 35.7 Å². The number of nitrogens with zero attached hydrogens (tertiary/aromatic N) is 2. The number of para-hydroxylation sites is 2. The largest absolute Gasteiger partial charge is 0.497 e. The van der Waals surface area contributed by atoms with E-state index in [1.54, 1.807) is 7.11 Å². The molecule has 6 nitrogen and oxygen atoms in total. The van der Waals surface area contributed by atoms with Crippen LogP contribution in [0, 0.1) is 13.8 Å². The summed E-state index contributed by atoms with van der Waals surface area (Å²) in [4.78, 5) is 17.4. The predicted molar refractivity (Wildman–Crippen MR) is 135 cm³/mol. The second-order valence-corrected chi connectivity index (χ2v) is 8.37. The van der Waals surface area contributed by atoms with Crippen molar-refractivity contribution in [3.05, 3.63) is 89.2 Å². The Bertz CT molecular complexity index is 1260. The normalized spacial score (nSPS) is 10.9. The molecule has 4 rings (SSSR count). The number of amides is 1. The van der Waals surface area contributed by atoms with E-state index < -0.39 is 0 Å². The highest BCUT2D eigenvalue weighted by Gasteiger charge is 2.12. The summed E-state index contributed by atoms with van der Waals surface area (Å²) in [6.07, 6.45) is 1.57. The van der Waals surface area contributed by atoms with Crippen molar-refractivity contribution in [2.45, 2.75) is 33.2 Å². The van der Waals surface area contributed by atoms with Gasteiger partial charge in [-0.15, -0.1) is 0 Å². The molecule has 6 heteroatoms. The van der Waals surface area contributed by atoms with Crippen molar-refractivity contribution in [3.8, 4) is 11.5 Å². The molecule has 0 aliphatic heterocycles. The van der Waals surface area contributed by atoms with Crippen LogP contribution in [0.15, 0.2) is 66.7 Å². The van der Waals surface area contributed by atoms with E-state index in [-0.39, 0.29) is 5.91 Å². The standard InChI is InChI=1S/C28H31N3O3/c1-20-10-15-24(21(2)19-20)28(32)29-16-6-9-27-30-25-7-4-5-8-26(25)31(27)17-18-34-23-13-11-22(33-3)12-14-23/h4-5,7-8,10-15,19H,6,9,16-18H2,1-3H3,(H,29,32). The fraction of sp³-hybridized carbons (Fsp3) is 0.286. The molecule has 0 saturated heterocycles. The zero-order chi connectivity index (χ0) is 23.9. The molecule has 0 saturated carbocycles. The Kier molecular flexibility index (Phi) is 7.48. The Labute approximate surface area is 200 Å². The molecule has 34 heavy (non-hydrogen) atoms. The molecule has 0 bridgehead atoms. The number of benzene rings is 3. The second kappa shape index (κ2) is 10.9. The molecule has 0 radical (unpaired) electrons. The third kappa shape index (κ3) is 5.57. The fourth-order valence-electron chi connectivity index (χ4n) is 4.10. The highest BCUT2D eigenvalue weighted by molar-refractivity contribution is 5.95. The maximum atomic E-state index is 12.6. The quantitative estimate of drug-likeness (QED) is 0.336. The minimum atomic E-state index is -0.0288. The Morgan fingerprint density at radius 3 is 2.53 bits per heavy atom. The van der Waals surface area contributed by atoms with Crippen LogP contribution in [0.2, 0.25) is 0 Å². The van der Waals surface area contributed by atoms with E-state index in [9.17, 15) is 4.79 Å². The lowest BCUT2D eigenvalue weighted by atomic mass is 10.1. The van der Waals surface area contributed by atoms with E-state index in [1.807, 2.05) is 74.5 Å². The molecule has 176 valence electrons. The van der Waals surface area contributed by atoms with Crippen LogP contribution in [0.3, 0.4) is 0 Å². The zero-order valence-electron chi connectivity index (χ0n) is 20.0. The lowest BCUT2D eigenvalue weighted by molar-refractivity contribution is 0.0952. The van der Waals surface area contributed by atoms with Crippen molar-refractivity contribution < 1.29 is 14.3 Å². The third-order valence-electron chi connectivity index (χ3n) is 5.87. The van der Waals surface area contributed by atoms with Crippen LogP contribution in [0.4, 0.5) is 0 Å². The maximum Gasteiger partial charge on any atom is 0.251 e. The molecule has 0 spiro atoms. The van der Waals surface area contributed by atoms with Gasteiger partial charge in [-0.2, -0.15) is 0 Å². The van der Waals surface area contributed by atoms with Crippen LogP contribution in [0.5, 0.6) is 11.5 Å². The summed E-state index contributed by atoms with van der Waals surface area (Å²) in [6, 6.07) is 21.6. The van der Waals surface area contributed by atoms with Gasteiger partial charge in [-0.1, -0.05) is 29.8 Å². The number of ether oxygens (including phenoxy) is 2. The average molecular weight is 458 g/mol. The molecule has 1 N–H and O–H groups in total. The number of rotatable bonds is 10. The van der Waals surface area contributed by atoms with Crippen LogP contribution >= 0.6 is 0 Å². The number of methoxy groups -OCH3 is 1. The first-order valence-electron chi connectivity index (χ1n) is 11.6. The molecule has 0 atom stereocenters. The Morgan fingerprint density at radius 2 is 1.76 bits per heavy atom. The van der Waals surface area contributed by atoms with Crippen LogP contribution < -0.4 is 14.8 Å². The summed E-state index contributed by atoms with van der Waals surface area (Å²) >= 11 is 0. The Hall–Kier alpha value is -3.80. The molecule has 0 fully saturated rings. The number of hydrogen-bond acceptors (Lipinski definition) is 4. The molecule has 1 aromatic heterocycles. The smallest absolute Gasteiger partial charge is 0.251 e. The van der Waals surface area contributed by atoms with Crippen LogP contribution in [-0.2, 0) is 13.0 Å². The lowest BCUT2D eigenvalue weighted by Crippen LogP contribution is -2.25. The minimum absolute atomic E-state index is 0.0288. The van der Waals surface area contributed by atoms with E-state index in [0.29, 0.717) is 19.7 Å². The summed E-state index contributed by atoms with van der Waals surface area (Å²) in [7, 11) is 1.65. The number of nitrogens with one attached hydrogen (secondary N) is 1. The Morgan fingerprint density at radius 1 is 1.00 bits per heavy atom. The third-order valence-corrected chi connectivity index (χ3v) is 5.87. The molecular weight excluding hydrogens is 426 g/mol. The number of carbonyl (C=O) groups is 1. The molecule has 0 aliphatic carbocycles. The summed E-state index contributed by atoms with van der Waals surface area (Å²) in [5.74, 6) is 2.58. The van der Waals surface area contributed by atoms with Gasteiger partial charge in [0.05, 0.1) is 24.7 Å². The van der Waals surface area contributed by atoms with E-state index in [1.165, 1.54) is 0 Å². The van der Waals surface area contributed by atoms with Gasteiger partial charge in [0.25, 0.3) is 5.91 Å². The van der Waals surface area contributed by atoms with Crippen molar-refractivity contribution in [3.63, 3.8) is 0 Å². The summed E-state index contributed by atoms with van der Waals surface area (Å²) < 4.78 is 13.4. The number of fused-ring (bicyclic) bond motifs is 1. The van der Waals surface area contributed by atoms with Crippen molar-refractivity contribution in [2.24, 2.45) is 0 Å². The summed E-state index contributed by atoms with van der Waals surface area (Å²) in [6.45, 7) is 5.82. The first-order valence-corrected chi connectivity index (χ1v) is 11.6. The van der Waals surface area contributed by atoms with Gasteiger partial charge in [0.1, 0.15) is 23.9 Å². The summed E-state index contributed by atoms with van der Waals surface area (Å²) in [5, 5.41) is 3.05.